The molecule has 18 heavy (non-hydrogen) atoms. The van der Waals surface area contributed by atoms with Gasteiger partial charge in [0.2, 0.25) is 0 Å². The van der Waals surface area contributed by atoms with Crippen molar-refractivity contribution >= 4 is 23.2 Å². The Morgan fingerprint density at radius 2 is 1.83 bits per heavy atom. The van der Waals surface area contributed by atoms with Crippen LogP contribution >= 0.6 is 23.2 Å². The molecule has 0 saturated carbocycles. The van der Waals surface area contributed by atoms with Gasteiger partial charge in [-0.1, -0.05) is 53.5 Å². The molecule has 2 aromatic rings. The van der Waals surface area contributed by atoms with Gasteiger partial charge in [-0.25, -0.2) is 0 Å². The maximum atomic E-state index is 6.16. The molecule has 0 bridgehead atoms. The highest BCUT2D eigenvalue weighted by molar-refractivity contribution is 6.31. The highest BCUT2D eigenvalue weighted by atomic mass is 35.5. The van der Waals surface area contributed by atoms with Crippen LogP contribution in [0.5, 0.6) is 0 Å². The quantitative estimate of drug-likeness (QED) is 0.844. The predicted octanol–water partition coefficient (Wildman–Crippen LogP) is 4.84. The second-order valence-electron chi connectivity index (χ2n) is 4.25. The van der Waals surface area contributed by atoms with Crippen molar-refractivity contribution in [1.29, 1.82) is 0 Å². The molecule has 0 aliphatic heterocycles. The van der Waals surface area contributed by atoms with Crippen molar-refractivity contribution in [2.24, 2.45) is 0 Å². The van der Waals surface area contributed by atoms with Crippen molar-refractivity contribution in [2.75, 3.05) is 0 Å². The summed E-state index contributed by atoms with van der Waals surface area (Å²) in [4.78, 5) is 0. The lowest BCUT2D eigenvalue weighted by Gasteiger charge is -2.15. The molecule has 2 aromatic carbocycles. The fourth-order valence-corrected chi connectivity index (χ4v) is 2.37. The average molecular weight is 280 g/mol. The summed E-state index contributed by atoms with van der Waals surface area (Å²) in [7, 11) is 0. The van der Waals surface area contributed by atoms with Gasteiger partial charge in [-0.2, -0.15) is 0 Å². The Kier molecular flexibility index (Phi) is 4.65. The van der Waals surface area contributed by atoms with Crippen molar-refractivity contribution in [3.63, 3.8) is 0 Å². The van der Waals surface area contributed by atoms with E-state index in [9.17, 15) is 0 Å². The monoisotopic (exact) mass is 279 g/mol. The first-order chi connectivity index (χ1) is 8.66. The lowest BCUT2D eigenvalue weighted by Crippen LogP contribution is -2.18. The Hall–Kier alpha value is -1.02. The van der Waals surface area contributed by atoms with Crippen LogP contribution in [0.3, 0.4) is 0 Å². The molecule has 0 amide bonds. The van der Waals surface area contributed by atoms with Gasteiger partial charge in [-0.15, -0.1) is 0 Å². The molecular formula is C15H15Cl2N. The first-order valence-corrected chi connectivity index (χ1v) is 6.64. The summed E-state index contributed by atoms with van der Waals surface area (Å²) in [6, 6.07) is 16.0. The van der Waals surface area contributed by atoms with Gasteiger partial charge in [0.1, 0.15) is 0 Å². The molecule has 0 radical (unpaired) electrons. The first-order valence-electron chi connectivity index (χ1n) is 5.89. The van der Waals surface area contributed by atoms with Gasteiger partial charge in [-0.3, -0.25) is 0 Å². The smallest absolute Gasteiger partial charge is 0.0453 e. The third-order valence-electron chi connectivity index (χ3n) is 2.87. The van der Waals surface area contributed by atoms with Gasteiger partial charge in [0.15, 0.2) is 0 Å². The Morgan fingerprint density at radius 1 is 1.06 bits per heavy atom. The molecule has 0 aliphatic carbocycles. The minimum Gasteiger partial charge on any atom is -0.306 e. The fourth-order valence-electron chi connectivity index (χ4n) is 1.85. The minimum atomic E-state index is 0.206. The maximum Gasteiger partial charge on any atom is 0.0453 e. The SMILES string of the molecule is C[C@@H](NCc1cccc(Cl)c1)c1ccccc1Cl. The fraction of sp³-hybridized carbons (Fsp3) is 0.200. The zero-order chi connectivity index (χ0) is 13.0. The lowest BCUT2D eigenvalue weighted by molar-refractivity contribution is 0.575. The van der Waals surface area contributed by atoms with Crippen molar-refractivity contribution in [2.45, 2.75) is 19.5 Å². The minimum absolute atomic E-state index is 0.206. The highest BCUT2D eigenvalue weighted by Crippen LogP contribution is 2.22. The van der Waals surface area contributed by atoms with Crippen molar-refractivity contribution in [3.05, 3.63) is 69.7 Å². The van der Waals surface area contributed by atoms with Gasteiger partial charge in [0.05, 0.1) is 0 Å². The Bertz CT molecular complexity index is 525. The number of hydrogen-bond acceptors (Lipinski definition) is 1. The van der Waals surface area contributed by atoms with E-state index in [1.54, 1.807) is 0 Å². The highest BCUT2D eigenvalue weighted by Gasteiger charge is 2.08. The van der Waals surface area contributed by atoms with Gasteiger partial charge in [0.25, 0.3) is 0 Å². The van der Waals surface area contributed by atoms with Crippen molar-refractivity contribution in [3.8, 4) is 0 Å². The van der Waals surface area contributed by atoms with Crippen LogP contribution in [0.15, 0.2) is 48.5 Å². The molecule has 0 aliphatic rings. The van der Waals surface area contributed by atoms with Crippen molar-refractivity contribution in [1.82, 2.24) is 5.32 Å². The third kappa shape index (κ3) is 3.49. The molecule has 0 fully saturated rings. The topological polar surface area (TPSA) is 12.0 Å². The van der Waals surface area contributed by atoms with Crippen LogP contribution in [-0.4, -0.2) is 0 Å². The molecule has 2 rings (SSSR count). The van der Waals surface area contributed by atoms with E-state index in [1.807, 2.05) is 42.5 Å². The van der Waals surface area contributed by atoms with E-state index in [2.05, 4.69) is 18.3 Å². The molecule has 1 atom stereocenters. The van der Waals surface area contributed by atoms with E-state index in [-0.39, 0.29) is 6.04 Å². The number of rotatable bonds is 4. The second kappa shape index (κ2) is 6.24. The molecule has 0 spiro atoms. The average Bonchev–Trinajstić information content (AvgIpc) is 2.37. The van der Waals surface area contributed by atoms with Gasteiger partial charge in [0, 0.05) is 22.6 Å². The van der Waals surface area contributed by atoms with Crippen LogP contribution in [0.4, 0.5) is 0 Å². The summed E-state index contributed by atoms with van der Waals surface area (Å²) < 4.78 is 0. The van der Waals surface area contributed by atoms with Crippen LogP contribution in [0.25, 0.3) is 0 Å². The van der Waals surface area contributed by atoms with Crippen LogP contribution in [-0.2, 0) is 6.54 Å². The van der Waals surface area contributed by atoms with Gasteiger partial charge < -0.3 is 5.32 Å². The molecule has 0 saturated heterocycles. The third-order valence-corrected chi connectivity index (χ3v) is 3.45. The number of nitrogens with one attached hydrogen (secondary N) is 1. The maximum absolute atomic E-state index is 6.16. The zero-order valence-corrected chi connectivity index (χ0v) is 11.7. The van der Waals surface area contributed by atoms with E-state index in [4.69, 9.17) is 23.2 Å². The summed E-state index contributed by atoms with van der Waals surface area (Å²) >= 11 is 12.1. The summed E-state index contributed by atoms with van der Waals surface area (Å²) in [6.07, 6.45) is 0. The standard InChI is InChI=1S/C15H15Cl2N/c1-11(14-7-2-3-8-15(14)17)18-10-12-5-4-6-13(16)9-12/h2-9,11,18H,10H2,1H3/t11-/m1/s1. The van der Waals surface area contributed by atoms with E-state index in [1.165, 1.54) is 5.56 Å². The Morgan fingerprint density at radius 3 is 2.56 bits per heavy atom. The first kappa shape index (κ1) is 13.4. The molecular weight excluding hydrogens is 265 g/mol. The summed E-state index contributed by atoms with van der Waals surface area (Å²) in [5.74, 6) is 0. The number of hydrogen-bond donors (Lipinski definition) is 1. The Labute approximate surface area is 118 Å². The molecule has 0 heterocycles. The van der Waals surface area contributed by atoms with Crippen molar-refractivity contribution < 1.29 is 0 Å². The van der Waals surface area contributed by atoms with Crippen LogP contribution < -0.4 is 5.32 Å². The second-order valence-corrected chi connectivity index (χ2v) is 5.10. The molecule has 94 valence electrons. The molecule has 1 N–H and O–H groups in total. The summed E-state index contributed by atoms with van der Waals surface area (Å²) in [5, 5.41) is 5.00. The van der Waals surface area contributed by atoms with Gasteiger partial charge >= 0.3 is 0 Å². The zero-order valence-electron chi connectivity index (χ0n) is 10.2. The number of halogens is 2. The number of benzene rings is 2. The van der Waals surface area contributed by atoms with Gasteiger partial charge in [-0.05, 0) is 36.2 Å². The van der Waals surface area contributed by atoms with E-state index < -0.39 is 0 Å². The molecule has 0 unspecified atom stereocenters. The summed E-state index contributed by atoms with van der Waals surface area (Å²) in [6.45, 7) is 2.87. The summed E-state index contributed by atoms with van der Waals surface area (Å²) in [5.41, 5.74) is 2.28. The Balaban J connectivity index is 2.00. The van der Waals surface area contributed by atoms with Crippen LogP contribution in [0, 0.1) is 0 Å². The van der Waals surface area contributed by atoms with Crippen LogP contribution in [0.1, 0.15) is 24.1 Å². The van der Waals surface area contributed by atoms with Crippen LogP contribution in [0.2, 0.25) is 10.0 Å². The van der Waals surface area contributed by atoms with E-state index >= 15 is 0 Å². The predicted molar refractivity (Wildman–Crippen MR) is 78.2 cm³/mol. The largest absolute Gasteiger partial charge is 0.306 e. The molecule has 0 aromatic heterocycles. The molecule has 3 heteroatoms. The molecule has 1 nitrogen and oxygen atoms in total. The van der Waals surface area contributed by atoms with E-state index in [0.717, 1.165) is 22.2 Å². The normalized spacial score (nSPS) is 12.4. The van der Waals surface area contributed by atoms with E-state index in [0.29, 0.717) is 0 Å². The lowest BCUT2D eigenvalue weighted by atomic mass is 10.1.